The van der Waals surface area contributed by atoms with E-state index in [0.717, 1.165) is 22.3 Å². The number of hydrogen-bond donors (Lipinski definition) is 1. The Morgan fingerprint density at radius 1 is 1.36 bits per heavy atom. The molecule has 0 atom stereocenters. The fraction of sp³-hybridized carbons (Fsp3) is 0.250. The highest BCUT2D eigenvalue weighted by atomic mass is 35.5. The van der Waals surface area contributed by atoms with Crippen molar-refractivity contribution in [1.29, 1.82) is 0 Å². The Morgan fingerprint density at radius 2 is 2.18 bits per heavy atom. The van der Waals surface area contributed by atoms with Crippen LogP contribution in [0, 0.1) is 0 Å². The van der Waals surface area contributed by atoms with Crippen molar-refractivity contribution in [2.45, 2.75) is 13.0 Å². The molecule has 3 rings (SSSR count). The van der Waals surface area contributed by atoms with Gasteiger partial charge in [-0.2, -0.15) is 5.10 Å². The van der Waals surface area contributed by atoms with Crippen LogP contribution in [-0.4, -0.2) is 32.6 Å². The zero-order chi connectivity index (χ0) is 15.7. The third kappa shape index (κ3) is 2.99. The number of nitrogens with zero attached hydrogens (tertiary/aromatic N) is 3. The van der Waals surface area contributed by atoms with Crippen molar-refractivity contribution < 1.29 is 4.79 Å². The Balaban J connectivity index is 1.70. The van der Waals surface area contributed by atoms with Crippen LogP contribution in [0.5, 0.6) is 0 Å². The Hall–Kier alpha value is -2.27. The highest BCUT2D eigenvalue weighted by Gasteiger charge is 2.13. The first-order valence-electron chi connectivity index (χ1n) is 7.01. The molecule has 22 heavy (non-hydrogen) atoms. The molecule has 0 unspecified atom stereocenters. The minimum Gasteiger partial charge on any atom is -0.358 e. The number of amides is 1. The van der Waals surface area contributed by atoms with Crippen LogP contribution in [0.2, 0.25) is 5.02 Å². The SMILES string of the molecule is CN(Cc1ccnn1C)C(=O)Cc1cc2cc(Cl)ccc2[nH]1. The lowest BCUT2D eigenvalue weighted by atomic mass is 10.2. The van der Waals surface area contributed by atoms with Gasteiger partial charge in [-0.1, -0.05) is 11.6 Å². The van der Waals surface area contributed by atoms with Gasteiger partial charge < -0.3 is 9.88 Å². The molecule has 0 radical (unpaired) electrons. The molecule has 1 amide bonds. The van der Waals surface area contributed by atoms with E-state index in [1.165, 1.54) is 0 Å². The molecule has 2 heterocycles. The molecule has 0 fully saturated rings. The molecule has 0 aliphatic heterocycles. The van der Waals surface area contributed by atoms with Crippen LogP contribution >= 0.6 is 11.6 Å². The second kappa shape index (κ2) is 5.85. The number of nitrogens with one attached hydrogen (secondary N) is 1. The number of fused-ring (bicyclic) bond motifs is 1. The quantitative estimate of drug-likeness (QED) is 0.804. The third-order valence-corrected chi connectivity index (χ3v) is 3.96. The summed E-state index contributed by atoms with van der Waals surface area (Å²) < 4.78 is 1.77. The zero-order valence-electron chi connectivity index (χ0n) is 12.5. The number of aromatic amines is 1. The van der Waals surface area contributed by atoms with E-state index in [9.17, 15) is 4.79 Å². The number of aromatic nitrogens is 3. The number of aryl methyl sites for hydroxylation is 1. The van der Waals surface area contributed by atoms with E-state index in [-0.39, 0.29) is 5.91 Å². The van der Waals surface area contributed by atoms with Gasteiger partial charge in [0.05, 0.1) is 18.7 Å². The van der Waals surface area contributed by atoms with Crippen LogP contribution in [0.25, 0.3) is 10.9 Å². The molecule has 0 aliphatic rings. The van der Waals surface area contributed by atoms with Crippen LogP contribution in [0.3, 0.4) is 0 Å². The largest absolute Gasteiger partial charge is 0.358 e. The second-order valence-electron chi connectivity index (χ2n) is 5.40. The van der Waals surface area contributed by atoms with E-state index in [1.807, 2.05) is 37.4 Å². The first-order valence-corrected chi connectivity index (χ1v) is 7.39. The normalized spacial score (nSPS) is 11.0. The fourth-order valence-electron chi connectivity index (χ4n) is 2.44. The fourth-order valence-corrected chi connectivity index (χ4v) is 2.62. The number of halogens is 1. The van der Waals surface area contributed by atoms with Gasteiger partial charge in [0.15, 0.2) is 0 Å². The lowest BCUT2D eigenvalue weighted by molar-refractivity contribution is -0.129. The molecule has 1 aromatic carbocycles. The van der Waals surface area contributed by atoms with E-state index in [2.05, 4.69) is 10.1 Å². The maximum absolute atomic E-state index is 12.3. The van der Waals surface area contributed by atoms with E-state index in [1.54, 1.807) is 22.8 Å². The standard InChI is InChI=1S/C16H17ClN4O/c1-20(10-14-5-6-18-21(14)2)16(22)9-13-8-11-7-12(17)3-4-15(11)19-13/h3-8,19H,9-10H2,1-2H3. The number of rotatable bonds is 4. The van der Waals surface area contributed by atoms with Gasteiger partial charge in [0, 0.05) is 41.9 Å². The van der Waals surface area contributed by atoms with Gasteiger partial charge in [-0.05, 0) is 30.3 Å². The molecule has 0 spiro atoms. The molecule has 3 aromatic rings. The lowest BCUT2D eigenvalue weighted by Gasteiger charge is -2.16. The first kappa shape index (κ1) is 14.7. The molecule has 0 saturated heterocycles. The Kier molecular flexibility index (Phi) is 3.90. The predicted octanol–water partition coefficient (Wildman–Crippen LogP) is 2.76. The molecule has 0 saturated carbocycles. The van der Waals surface area contributed by atoms with Gasteiger partial charge in [-0.25, -0.2) is 0 Å². The van der Waals surface area contributed by atoms with Gasteiger partial charge >= 0.3 is 0 Å². The van der Waals surface area contributed by atoms with Gasteiger partial charge in [-0.15, -0.1) is 0 Å². The molecule has 0 bridgehead atoms. The molecule has 2 aromatic heterocycles. The van der Waals surface area contributed by atoms with Crippen molar-refractivity contribution in [2.75, 3.05) is 7.05 Å². The predicted molar refractivity (Wildman–Crippen MR) is 86.7 cm³/mol. The van der Waals surface area contributed by atoms with Crippen LogP contribution in [0.15, 0.2) is 36.5 Å². The third-order valence-electron chi connectivity index (χ3n) is 3.73. The average Bonchev–Trinajstić information content (AvgIpc) is 3.04. The molecule has 114 valence electrons. The van der Waals surface area contributed by atoms with Gasteiger partial charge in [-0.3, -0.25) is 9.48 Å². The van der Waals surface area contributed by atoms with Crippen molar-refractivity contribution in [1.82, 2.24) is 19.7 Å². The Labute approximate surface area is 133 Å². The molecule has 5 nitrogen and oxygen atoms in total. The van der Waals surface area contributed by atoms with Crippen LogP contribution in [0.4, 0.5) is 0 Å². The summed E-state index contributed by atoms with van der Waals surface area (Å²) in [5.74, 6) is 0.0545. The number of benzene rings is 1. The summed E-state index contributed by atoms with van der Waals surface area (Å²) in [6, 6.07) is 9.53. The van der Waals surface area contributed by atoms with Crippen molar-refractivity contribution in [3.63, 3.8) is 0 Å². The van der Waals surface area contributed by atoms with Gasteiger partial charge in [0.25, 0.3) is 0 Å². The zero-order valence-corrected chi connectivity index (χ0v) is 13.3. The molecule has 0 aliphatic carbocycles. The van der Waals surface area contributed by atoms with Crippen molar-refractivity contribution in [3.8, 4) is 0 Å². The van der Waals surface area contributed by atoms with E-state index >= 15 is 0 Å². The summed E-state index contributed by atoms with van der Waals surface area (Å²) >= 11 is 5.98. The summed E-state index contributed by atoms with van der Waals surface area (Å²) in [5, 5.41) is 5.82. The van der Waals surface area contributed by atoms with E-state index in [4.69, 9.17) is 11.6 Å². The summed E-state index contributed by atoms with van der Waals surface area (Å²) in [6.45, 7) is 0.543. The summed E-state index contributed by atoms with van der Waals surface area (Å²) in [4.78, 5) is 17.3. The van der Waals surface area contributed by atoms with Crippen LogP contribution < -0.4 is 0 Å². The van der Waals surface area contributed by atoms with E-state index in [0.29, 0.717) is 18.0 Å². The summed E-state index contributed by atoms with van der Waals surface area (Å²) in [6.07, 6.45) is 2.07. The maximum Gasteiger partial charge on any atom is 0.228 e. The highest BCUT2D eigenvalue weighted by molar-refractivity contribution is 6.31. The monoisotopic (exact) mass is 316 g/mol. The van der Waals surface area contributed by atoms with E-state index < -0.39 is 0 Å². The summed E-state index contributed by atoms with van der Waals surface area (Å²) in [7, 11) is 3.67. The molecular weight excluding hydrogens is 300 g/mol. The highest BCUT2D eigenvalue weighted by Crippen LogP contribution is 2.20. The Morgan fingerprint density at radius 3 is 2.91 bits per heavy atom. The number of carbonyl (C=O) groups excluding carboxylic acids is 1. The molecule has 6 heteroatoms. The molecular formula is C16H17ClN4O. The maximum atomic E-state index is 12.3. The van der Waals surface area contributed by atoms with Gasteiger partial charge in [0.1, 0.15) is 0 Å². The molecule has 1 N–H and O–H groups in total. The second-order valence-corrected chi connectivity index (χ2v) is 5.84. The average molecular weight is 317 g/mol. The first-order chi connectivity index (χ1) is 10.5. The number of likely N-dealkylation sites (N-methyl/N-ethyl adjacent to an activating group) is 1. The number of H-pyrrole nitrogens is 1. The van der Waals surface area contributed by atoms with Crippen molar-refractivity contribution in [3.05, 3.63) is 52.9 Å². The Bertz CT molecular complexity index is 821. The van der Waals surface area contributed by atoms with Crippen molar-refractivity contribution in [2.24, 2.45) is 7.05 Å². The minimum atomic E-state index is 0.0545. The number of carbonyl (C=O) groups is 1. The summed E-state index contributed by atoms with van der Waals surface area (Å²) in [5.41, 5.74) is 2.87. The lowest BCUT2D eigenvalue weighted by Crippen LogP contribution is -2.28. The van der Waals surface area contributed by atoms with Crippen molar-refractivity contribution >= 4 is 28.4 Å². The van der Waals surface area contributed by atoms with Crippen LogP contribution in [0.1, 0.15) is 11.4 Å². The van der Waals surface area contributed by atoms with Gasteiger partial charge in [0.2, 0.25) is 5.91 Å². The van der Waals surface area contributed by atoms with Crippen LogP contribution in [-0.2, 0) is 24.8 Å². The smallest absolute Gasteiger partial charge is 0.228 e. The minimum absolute atomic E-state index is 0.0545. The topological polar surface area (TPSA) is 53.9 Å². The number of hydrogen-bond acceptors (Lipinski definition) is 2.